The molecule has 7 heteroatoms. The van der Waals surface area contributed by atoms with E-state index in [1.165, 1.54) is 13.8 Å². The molecule has 3 fully saturated rings. The van der Waals surface area contributed by atoms with E-state index in [-0.39, 0.29) is 13.2 Å². The monoisotopic (exact) mass is 246 g/mol. The van der Waals surface area contributed by atoms with E-state index in [1.54, 1.807) is 0 Å². The summed E-state index contributed by atoms with van der Waals surface area (Å²) >= 11 is 0. The van der Waals surface area contributed by atoms with E-state index in [2.05, 4.69) is 0 Å². The van der Waals surface area contributed by atoms with Crippen LogP contribution in [0.2, 0.25) is 0 Å². The van der Waals surface area contributed by atoms with Crippen molar-refractivity contribution in [3.63, 3.8) is 0 Å². The van der Waals surface area contributed by atoms with E-state index in [0.29, 0.717) is 0 Å². The predicted molar refractivity (Wildman–Crippen MR) is 50.6 cm³/mol. The molecule has 0 aromatic heterocycles. The van der Waals surface area contributed by atoms with Gasteiger partial charge >= 0.3 is 0 Å². The summed E-state index contributed by atoms with van der Waals surface area (Å²) in [6.45, 7) is 2.61. The molecule has 2 N–H and O–H groups in total. The molecule has 0 aromatic rings. The Hall–Kier alpha value is -0.570. The Morgan fingerprint density at radius 1 is 1.18 bits per heavy atom. The number of carbonyl (C=O) groups excluding carboxylic acids is 1. The Labute approximate surface area is 97.2 Å². The van der Waals surface area contributed by atoms with Gasteiger partial charge in [-0.1, -0.05) is 0 Å². The summed E-state index contributed by atoms with van der Waals surface area (Å²) in [7, 11) is 0. The van der Waals surface area contributed by atoms with Crippen molar-refractivity contribution in [2.75, 3.05) is 13.2 Å². The van der Waals surface area contributed by atoms with Crippen molar-refractivity contribution in [3.8, 4) is 0 Å². The second-order valence-electron chi connectivity index (χ2n) is 4.73. The largest absolute Gasteiger partial charge is 0.359 e. The van der Waals surface area contributed by atoms with Crippen molar-refractivity contribution >= 4 is 5.78 Å². The number of hydrogen-bond donors (Lipinski definition) is 2. The molecule has 3 rings (SSSR count). The van der Waals surface area contributed by atoms with Crippen molar-refractivity contribution in [1.82, 2.24) is 0 Å². The zero-order chi connectivity index (χ0) is 12.5. The molecular formula is C10H14O7. The van der Waals surface area contributed by atoms with Gasteiger partial charge in [-0.2, -0.15) is 0 Å². The summed E-state index contributed by atoms with van der Waals surface area (Å²) in [6, 6.07) is 0. The molecule has 0 radical (unpaired) electrons. The van der Waals surface area contributed by atoms with Crippen LogP contribution in [-0.2, 0) is 23.7 Å². The Bertz CT molecular complexity index is 385. The maximum Gasteiger partial charge on any atom is 0.256 e. The number of fused-ring (bicyclic) bond motifs is 1. The maximum absolute atomic E-state index is 11.4. The van der Waals surface area contributed by atoms with Crippen LogP contribution in [-0.4, -0.2) is 58.8 Å². The van der Waals surface area contributed by atoms with Crippen LogP contribution >= 0.6 is 0 Å². The highest BCUT2D eigenvalue weighted by atomic mass is 16.8. The molecule has 5 atom stereocenters. The fourth-order valence-electron chi connectivity index (χ4n) is 2.47. The van der Waals surface area contributed by atoms with Crippen LogP contribution in [0.3, 0.4) is 0 Å². The molecule has 1 unspecified atom stereocenters. The summed E-state index contributed by atoms with van der Waals surface area (Å²) in [5, 5.41) is 20.5. The van der Waals surface area contributed by atoms with Crippen molar-refractivity contribution in [1.29, 1.82) is 0 Å². The van der Waals surface area contributed by atoms with Crippen LogP contribution in [0.5, 0.6) is 0 Å². The summed E-state index contributed by atoms with van der Waals surface area (Å²) in [5.41, 5.74) is 0. The lowest BCUT2D eigenvalue weighted by Crippen LogP contribution is -2.74. The first kappa shape index (κ1) is 11.5. The summed E-state index contributed by atoms with van der Waals surface area (Å²) < 4.78 is 21.4. The third-order valence-corrected chi connectivity index (χ3v) is 3.69. The first-order chi connectivity index (χ1) is 7.82. The highest BCUT2D eigenvalue weighted by molar-refractivity contribution is 5.84. The molecule has 3 aliphatic heterocycles. The zero-order valence-corrected chi connectivity index (χ0v) is 9.50. The van der Waals surface area contributed by atoms with Gasteiger partial charge in [0.1, 0.15) is 12.2 Å². The average molecular weight is 246 g/mol. The third kappa shape index (κ3) is 1.19. The van der Waals surface area contributed by atoms with E-state index in [4.69, 9.17) is 18.9 Å². The van der Waals surface area contributed by atoms with E-state index >= 15 is 0 Å². The molecule has 0 aliphatic carbocycles. The molecular weight excluding hydrogens is 232 g/mol. The van der Waals surface area contributed by atoms with Gasteiger partial charge in [-0.3, -0.25) is 4.79 Å². The molecule has 17 heavy (non-hydrogen) atoms. The van der Waals surface area contributed by atoms with Gasteiger partial charge in [0, 0.05) is 6.92 Å². The van der Waals surface area contributed by atoms with E-state index in [1.807, 2.05) is 0 Å². The van der Waals surface area contributed by atoms with Crippen LogP contribution in [0.25, 0.3) is 0 Å². The molecule has 3 heterocycles. The smallest absolute Gasteiger partial charge is 0.256 e. The van der Waals surface area contributed by atoms with Crippen LogP contribution in [0.1, 0.15) is 13.8 Å². The molecule has 7 nitrogen and oxygen atoms in total. The molecule has 96 valence electrons. The lowest BCUT2D eigenvalue weighted by molar-refractivity contribution is -0.479. The molecule has 3 saturated heterocycles. The fourth-order valence-corrected chi connectivity index (χ4v) is 2.47. The van der Waals surface area contributed by atoms with Gasteiger partial charge < -0.3 is 29.2 Å². The van der Waals surface area contributed by atoms with E-state index < -0.39 is 35.4 Å². The van der Waals surface area contributed by atoms with E-state index in [0.717, 1.165) is 0 Å². The van der Waals surface area contributed by atoms with Crippen molar-refractivity contribution in [3.05, 3.63) is 0 Å². The van der Waals surface area contributed by atoms with Crippen molar-refractivity contribution < 1.29 is 34.0 Å². The highest BCUT2D eigenvalue weighted by Gasteiger charge is 2.72. The Morgan fingerprint density at radius 3 is 2.35 bits per heavy atom. The molecule has 2 bridgehead atoms. The second kappa shape index (κ2) is 3.05. The average Bonchev–Trinajstić information content (AvgIpc) is 2.54. The minimum Gasteiger partial charge on any atom is -0.359 e. The van der Waals surface area contributed by atoms with Crippen molar-refractivity contribution in [2.45, 2.75) is 43.4 Å². The fraction of sp³-hybridized carbons (Fsp3) is 0.900. The highest BCUT2D eigenvalue weighted by Crippen LogP contribution is 2.49. The van der Waals surface area contributed by atoms with Crippen LogP contribution < -0.4 is 0 Å². The lowest BCUT2D eigenvalue weighted by Gasteiger charge is -2.53. The summed E-state index contributed by atoms with van der Waals surface area (Å²) in [6.07, 6.45) is -2.02. The SMILES string of the molecule is CC(=O)[C@@]1(O)O[C@H]2CO[C@]3(C)OCC1O[C@@]23O. The Kier molecular flexibility index (Phi) is 2.07. The number of hydrogen-bond acceptors (Lipinski definition) is 7. The lowest BCUT2D eigenvalue weighted by atomic mass is 9.95. The first-order valence-electron chi connectivity index (χ1n) is 5.41. The van der Waals surface area contributed by atoms with Gasteiger partial charge in [-0.15, -0.1) is 0 Å². The first-order valence-corrected chi connectivity index (χ1v) is 5.41. The molecule has 3 aliphatic rings. The molecule has 0 amide bonds. The zero-order valence-electron chi connectivity index (χ0n) is 9.50. The molecule has 0 aromatic carbocycles. The number of carbonyl (C=O) groups is 1. The predicted octanol–water partition coefficient (Wildman–Crippen LogP) is -1.49. The van der Waals surface area contributed by atoms with Gasteiger partial charge in [0.2, 0.25) is 5.79 Å². The Morgan fingerprint density at radius 2 is 1.76 bits per heavy atom. The van der Waals surface area contributed by atoms with Gasteiger partial charge in [-0.25, -0.2) is 0 Å². The van der Waals surface area contributed by atoms with Gasteiger partial charge in [0.15, 0.2) is 5.78 Å². The minimum absolute atomic E-state index is 0.0185. The van der Waals surface area contributed by atoms with E-state index in [9.17, 15) is 15.0 Å². The number of ketones is 1. The number of rotatable bonds is 1. The maximum atomic E-state index is 11.4. The minimum atomic E-state index is -2.09. The van der Waals surface area contributed by atoms with Crippen LogP contribution in [0, 0.1) is 0 Å². The summed E-state index contributed by atoms with van der Waals surface area (Å²) in [5.74, 6) is -5.81. The second-order valence-corrected chi connectivity index (χ2v) is 4.73. The standard InChI is InChI=1S/C10H14O7/c1-5(11)9(12)6-3-14-8(2)10(13,17-6)7(16-9)4-15-8/h6-7,12-13H,3-4H2,1-2H3/t6?,7-,8-,9+,10-/m0/s1. The number of ether oxygens (including phenoxy) is 4. The number of aliphatic hydroxyl groups is 2. The number of Topliss-reactive ketones (excluding diaryl/α,β-unsaturated/α-hetero) is 1. The molecule has 0 spiro atoms. The van der Waals surface area contributed by atoms with Gasteiger partial charge in [0.05, 0.1) is 13.2 Å². The van der Waals surface area contributed by atoms with Gasteiger partial charge in [0.25, 0.3) is 11.6 Å². The van der Waals surface area contributed by atoms with Crippen molar-refractivity contribution in [2.24, 2.45) is 0 Å². The quantitative estimate of drug-likeness (QED) is 0.582. The van der Waals surface area contributed by atoms with Crippen LogP contribution in [0.4, 0.5) is 0 Å². The third-order valence-electron chi connectivity index (χ3n) is 3.69. The topological polar surface area (TPSA) is 94.5 Å². The van der Waals surface area contributed by atoms with Crippen LogP contribution in [0.15, 0.2) is 0 Å². The van der Waals surface area contributed by atoms with Gasteiger partial charge in [-0.05, 0) is 6.92 Å². The summed E-state index contributed by atoms with van der Waals surface area (Å²) in [4.78, 5) is 11.4. The molecule has 0 saturated carbocycles. The Balaban J connectivity index is 2.02. The normalized spacial score (nSPS) is 56.9.